The van der Waals surface area contributed by atoms with Gasteiger partial charge < -0.3 is 14.6 Å². The zero-order valence-corrected chi connectivity index (χ0v) is 15.6. The maximum absolute atomic E-state index is 12.0. The van der Waals surface area contributed by atoms with Gasteiger partial charge in [0.15, 0.2) is 0 Å². The summed E-state index contributed by atoms with van der Waals surface area (Å²) in [5, 5.41) is 3.02. The predicted molar refractivity (Wildman–Crippen MR) is 106 cm³/mol. The van der Waals surface area contributed by atoms with Crippen LogP contribution in [0.2, 0.25) is 0 Å². The molecule has 140 valence electrons. The number of hydrogen-bond donors (Lipinski definition) is 1. The third-order valence-electron chi connectivity index (χ3n) is 5.02. The van der Waals surface area contributed by atoms with Crippen molar-refractivity contribution in [1.82, 2.24) is 14.9 Å². The van der Waals surface area contributed by atoms with Gasteiger partial charge in [-0.05, 0) is 49.1 Å². The number of rotatable bonds is 8. The molecule has 1 saturated carbocycles. The van der Waals surface area contributed by atoms with Gasteiger partial charge in [0.05, 0.1) is 24.1 Å². The van der Waals surface area contributed by atoms with E-state index in [2.05, 4.69) is 35.0 Å². The second-order valence-electron chi connectivity index (χ2n) is 7.01. The van der Waals surface area contributed by atoms with Crippen LogP contribution in [0.15, 0.2) is 48.5 Å². The number of hydrogen-bond acceptors (Lipinski definition) is 3. The van der Waals surface area contributed by atoms with Gasteiger partial charge >= 0.3 is 0 Å². The van der Waals surface area contributed by atoms with Crippen molar-refractivity contribution < 1.29 is 9.53 Å². The Hall–Kier alpha value is -2.82. The molecule has 2 aromatic carbocycles. The standard InChI is InChI=1S/C22H25N3O2/c1-2-16-7-11-18(12-8-16)27-14-13-25-20-6-4-3-5-19(20)24-21(25)15-23-22(26)17-9-10-17/h3-8,11-12,17H,2,9-10,13-15H2,1H3,(H,23,26). The molecule has 0 spiro atoms. The van der Waals surface area contributed by atoms with Crippen LogP contribution in [0.1, 0.15) is 31.2 Å². The minimum atomic E-state index is 0.140. The van der Waals surface area contributed by atoms with Crippen LogP contribution in [-0.4, -0.2) is 22.1 Å². The van der Waals surface area contributed by atoms with Crippen molar-refractivity contribution in [2.24, 2.45) is 5.92 Å². The van der Waals surface area contributed by atoms with Crippen LogP contribution in [0.4, 0.5) is 0 Å². The number of aryl methyl sites for hydroxylation is 1. The fourth-order valence-corrected chi connectivity index (χ4v) is 3.24. The first-order valence-corrected chi connectivity index (χ1v) is 9.68. The first kappa shape index (κ1) is 17.6. The first-order valence-electron chi connectivity index (χ1n) is 9.68. The molecule has 1 fully saturated rings. The van der Waals surface area contributed by atoms with Gasteiger partial charge in [-0.1, -0.05) is 31.2 Å². The Labute approximate surface area is 159 Å². The van der Waals surface area contributed by atoms with Crippen molar-refractivity contribution in [3.05, 3.63) is 59.9 Å². The van der Waals surface area contributed by atoms with Gasteiger partial charge in [-0.25, -0.2) is 4.98 Å². The molecular formula is C22H25N3O2. The number of para-hydroxylation sites is 2. The van der Waals surface area contributed by atoms with Gasteiger partial charge in [0.25, 0.3) is 0 Å². The van der Waals surface area contributed by atoms with E-state index in [4.69, 9.17) is 9.72 Å². The molecule has 27 heavy (non-hydrogen) atoms. The van der Waals surface area contributed by atoms with Crippen LogP contribution in [-0.2, 0) is 24.3 Å². The van der Waals surface area contributed by atoms with Crippen molar-refractivity contribution in [2.75, 3.05) is 6.61 Å². The van der Waals surface area contributed by atoms with Crippen molar-refractivity contribution in [3.8, 4) is 5.75 Å². The monoisotopic (exact) mass is 363 g/mol. The van der Waals surface area contributed by atoms with Crippen molar-refractivity contribution in [2.45, 2.75) is 39.3 Å². The van der Waals surface area contributed by atoms with E-state index in [9.17, 15) is 4.79 Å². The molecule has 1 N–H and O–H groups in total. The summed E-state index contributed by atoms with van der Waals surface area (Å²) >= 11 is 0. The third-order valence-corrected chi connectivity index (χ3v) is 5.02. The van der Waals surface area contributed by atoms with E-state index in [0.717, 1.165) is 41.9 Å². The summed E-state index contributed by atoms with van der Waals surface area (Å²) in [6.45, 7) is 3.83. The average Bonchev–Trinajstić information content (AvgIpc) is 3.50. The van der Waals surface area contributed by atoms with E-state index in [-0.39, 0.29) is 11.8 Å². The van der Waals surface area contributed by atoms with Crippen LogP contribution in [0.25, 0.3) is 11.0 Å². The Morgan fingerprint density at radius 3 is 2.70 bits per heavy atom. The molecular weight excluding hydrogens is 338 g/mol. The molecule has 1 aliphatic carbocycles. The van der Waals surface area contributed by atoms with Crippen molar-refractivity contribution in [3.63, 3.8) is 0 Å². The molecule has 0 aliphatic heterocycles. The number of fused-ring (bicyclic) bond motifs is 1. The molecule has 5 nitrogen and oxygen atoms in total. The summed E-state index contributed by atoms with van der Waals surface area (Å²) in [5.41, 5.74) is 3.32. The second kappa shape index (κ2) is 7.82. The summed E-state index contributed by atoms with van der Waals surface area (Å²) in [6, 6.07) is 16.3. The molecule has 0 radical (unpaired) electrons. The normalized spacial score (nSPS) is 13.7. The number of carbonyl (C=O) groups is 1. The smallest absolute Gasteiger partial charge is 0.223 e. The van der Waals surface area contributed by atoms with Gasteiger partial charge in [0.2, 0.25) is 5.91 Å². The Kier molecular flexibility index (Phi) is 5.10. The highest BCUT2D eigenvalue weighted by atomic mass is 16.5. The van der Waals surface area contributed by atoms with Crippen LogP contribution in [0.5, 0.6) is 5.75 Å². The SMILES string of the molecule is CCc1ccc(OCCn2c(CNC(=O)C3CC3)nc3ccccc32)cc1. The molecule has 0 bridgehead atoms. The topological polar surface area (TPSA) is 56.1 Å². The van der Waals surface area contributed by atoms with E-state index in [0.29, 0.717) is 19.7 Å². The molecule has 0 saturated heterocycles. The Morgan fingerprint density at radius 1 is 1.19 bits per heavy atom. The lowest BCUT2D eigenvalue weighted by Crippen LogP contribution is -2.26. The molecule has 5 heteroatoms. The molecule has 1 heterocycles. The van der Waals surface area contributed by atoms with E-state index in [1.54, 1.807) is 0 Å². The minimum Gasteiger partial charge on any atom is -0.492 e. The summed E-state index contributed by atoms with van der Waals surface area (Å²) in [7, 11) is 0. The molecule has 1 amide bonds. The Balaban J connectivity index is 1.45. The van der Waals surface area contributed by atoms with Crippen molar-refractivity contribution >= 4 is 16.9 Å². The van der Waals surface area contributed by atoms with Gasteiger partial charge in [0, 0.05) is 5.92 Å². The number of carbonyl (C=O) groups excluding carboxylic acids is 1. The minimum absolute atomic E-state index is 0.140. The highest BCUT2D eigenvalue weighted by Crippen LogP contribution is 2.28. The van der Waals surface area contributed by atoms with Crippen LogP contribution >= 0.6 is 0 Å². The number of aromatic nitrogens is 2. The molecule has 4 rings (SSSR count). The highest BCUT2D eigenvalue weighted by molar-refractivity contribution is 5.81. The molecule has 0 atom stereocenters. The number of imidazole rings is 1. The van der Waals surface area contributed by atoms with Gasteiger partial charge in [-0.15, -0.1) is 0 Å². The third kappa shape index (κ3) is 4.13. The fourth-order valence-electron chi connectivity index (χ4n) is 3.24. The second-order valence-corrected chi connectivity index (χ2v) is 7.01. The number of nitrogens with one attached hydrogen (secondary N) is 1. The maximum atomic E-state index is 12.0. The van der Waals surface area contributed by atoms with Crippen LogP contribution in [0.3, 0.4) is 0 Å². The van der Waals surface area contributed by atoms with E-state index in [1.807, 2.05) is 30.3 Å². The number of amides is 1. The highest BCUT2D eigenvalue weighted by Gasteiger charge is 2.29. The Bertz CT molecular complexity index is 926. The average molecular weight is 363 g/mol. The first-order chi connectivity index (χ1) is 13.2. The van der Waals surface area contributed by atoms with Crippen LogP contribution < -0.4 is 10.1 Å². The molecule has 0 unspecified atom stereocenters. The van der Waals surface area contributed by atoms with E-state index in [1.165, 1.54) is 5.56 Å². The quantitative estimate of drug-likeness (QED) is 0.664. The lowest BCUT2D eigenvalue weighted by atomic mass is 10.2. The van der Waals surface area contributed by atoms with Gasteiger partial charge in [-0.3, -0.25) is 4.79 Å². The van der Waals surface area contributed by atoms with E-state index >= 15 is 0 Å². The summed E-state index contributed by atoms with van der Waals surface area (Å²) < 4.78 is 8.06. The molecule has 1 aliphatic rings. The summed E-state index contributed by atoms with van der Waals surface area (Å²) in [6.07, 6.45) is 3.04. The number of benzene rings is 2. The number of ether oxygens (including phenoxy) is 1. The summed E-state index contributed by atoms with van der Waals surface area (Å²) in [5.74, 6) is 2.09. The van der Waals surface area contributed by atoms with Gasteiger partial charge in [-0.2, -0.15) is 0 Å². The summed E-state index contributed by atoms with van der Waals surface area (Å²) in [4.78, 5) is 16.7. The zero-order chi connectivity index (χ0) is 18.6. The number of nitrogens with zero attached hydrogens (tertiary/aromatic N) is 2. The Morgan fingerprint density at radius 2 is 1.96 bits per heavy atom. The zero-order valence-electron chi connectivity index (χ0n) is 15.6. The van der Waals surface area contributed by atoms with Crippen molar-refractivity contribution in [1.29, 1.82) is 0 Å². The molecule has 3 aromatic rings. The predicted octanol–water partition coefficient (Wildman–Crippen LogP) is 3.70. The fraction of sp³-hybridized carbons (Fsp3) is 0.364. The lowest BCUT2D eigenvalue weighted by molar-refractivity contribution is -0.122. The van der Waals surface area contributed by atoms with Gasteiger partial charge in [0.1, 0.15) is 18.2 Å². The van der Waals surface area contributed by atoms with Crippen LogP contribution in [0, 0.1) is 5.92 Å². The van der Waals surface area contributed by atoms with E-state index < -0.39 is 0 Å². The largest absolute Gasteiger partial charge is 0.492 e. The molecule has 1 aromatic heterocycles. The maximum Gasteiger partial charge on any atom is 0.223 e. The lowest BCUT2D eigenvalue weighted by Gasteiger charge is -2.12.